The Labute approximate surface area is 319 Å². The summed E-state index contributed by atoms with van der Waals surface area (Å²) in [7, 11) is 0. The lowest BCUT2D eigenvalue weighted by atomic mass is 9.64. The Bertz CT molecular complexity index is 1870. The Morgan fingerprint density at radius 2 is 1.43 bits per heavy atom. The van der Waals surface area contributed by atoms with Crippen LogP contribution in [-0.2, 0) is 22.6 Å². The van der Waals surface area contributed by atoms with Crippen molar-refractivity contribution in [3.05, 3.63) is 88.5 Å². The van der Waals surface area contributed by atoms with E-state index in [4.69, 9.17) is 0 Å². The van der Waals surface area contributed by atoms with Crippen molar-refractivity contribution < 1.29 is 19.5 Å². The summed E-state index contributed by atoms with van der Waals surface area (Å²) in [5.41, 5.74) is 8.34. The second-order valence-corrected chi connectivity index (χ2v) is 17.0. The fourth-order valence-corrected chi connectivity index (χ4v) is 10.9. The highest BCUT2D eigenvalue weighted by Crippen LogP contribution is 2.48. The van der Waals surface area contributed by atoms with Crippen molar-refractivity contribution in [3.8, 4) is 5.75 Å². The summed E-state index contributed by atoms with van der Waals surface area (Å²) in [4.78, 5) is 46.5. The molecule has 9 rings (SSSR count). The normalized spacial score (nSPS) is 25.8. The van der Waals surface area contributed by atoms with Crippen LogP contribution in [-0.4, -0.2) is 84.5 Å². The number of hydrogen-bond donors (Lipinski definition) is 2. The van der Waals surface area contributed by atoms with Gasteiger partial charge in [0.2, 0.25) is 11.8 Å². The molecule has 0 spiro atoms. The van der Waals surface area contributed by atoms with Crippen molar-refractivity contribution >= 4 is 29.1 Å². The van der Waals surface area contributed by atoms with Crippen LogP contribution >= 0.6 is 0 Å². The molecular formula is C45H55N5O4. The van der Waals surface area contributed by atoms with Gasteiger partial charge in [-0.2, -0.15) is 0 Å². The van der Waals surface area contributed by atoms with Crippen molar-refractivity contribution in [1.29, 1.82) is 0 Å². The van der Waals surface area contributed by atoms with Gasteiger partial charge in [0.05, 0.1) is 0 Å². The zero-order valence-electron chi connectivity index (χ0n) is 31.6. The third kappa shape index (κ3) is 7.00. The van der Waals surface area contributed by atoms with Gasteiger partial charge in [-0.3, -0.25) is 24.6 Å². The van der Waals surface area contributed by atoms with Gasteiger partial charge in [-0.1, -0.05) is 50.3 Å². The number of benzene rings is 3. The largest absolute Gasteiger partial charge is 0.508 e. The minimum absolute atomic E-state index is 0.116. The summed E-state index contributed by atoms with van der Waals surface area (Å²) in [6.45, 7) is 7.76. The van der Waals surface area contributed by atoms with Crippen LogP contribution < -0.4 is 15.1 Å². The molecule has 4 aliphatic heterocycles. The molecule has 3 saturated heterocycles. The van der Waals surface area contributed by atoms with Gasteiger partial charge in [0.1, 0.15) is 11.8 Å². The molecule has 9 nitrogen and oxygen atoms in total. The van der Waals surface area contributed by atoms with Crippen LogP contribution in [0.3, 0.4) is 0 Å². The number of carbonyl (C=O) groups is 3. The smallest absolute Gasteiger partial charge is 0.255 e. The monoisotopic (exact) mass is 729 g/mol. The number of rotatable bonds is 7. The fraction of sp³-hybridized carbons (Fsp3) is 0.533. The van der Waals surface area contributed by atoms with Gasteiger partial charge >= 0.3 is 0 Å². The first-order valence-corrected chi connectivity index (χ1v) is 20.8. The van der Waals surface area contributed by atoms with Gasteiger partial charge in [0.25, 0.3) is 5.91 Å². The molecular weight excluding hydrogens is 675 g/mol. The molecule has 4 fully saturated rings. The molecule has 0 bridgehead atoms. The average Bonchev–Trinajstić information content (AvgIpc) is 3.53. The fourth-order valence-electron chi connectivity index (χ4n) is 10.9. The van der Waals surface area contributed by atoms with Gasteiger partial charge in [0.15, 0.2) is 0 Å². The predicted octanol–water partition coefficient (Wildman–Crippen LogP) is 6.47. The molecule has 3 unspecified atom stereocenters. The minimum Gasteiger partial charge on any atom is -0.508 e. The molecule has 3 atom stereocenters. The van der Waals surface area contributed by atoms with E-state index in [9.17, 15) is 19.5 Å². The maximum atomic E-state index is 13.2. The SMILES string of the molecule is O=C1CCC(N2Cc3cc(N4CCN(CC5CCN(c6ccc(C7c8ccc(O)cc8CCC7C7CCCCC7)cc6)CC5)CC4)ccc3C2=O)C(=O)N1. The first kappa shape index (κ1) is 35.3. The number of anilines is 2. The van der Waals surface area contributed by atoms with E-state index in [1.54, 1.807) is 4.90 Å². The van der Waals surface area contributed by atoms with Gasteiger partial charge in [-0.05, 0) is 115 Å². The number of amides is 3. The number of aromatic hydroxyl groups is 1. The molecule has 2 N–H and O–H groups in total. The number of carbonyl (C=O) groups excluding carboxylic acids is 3. The lowest BCUT2D eigenvalue weighted by Gasteiger charge is -2.41. The molecule has 0 aromatic heterocycles. The summed E-state index contributed by atoms with van der Waals surface area (Å²) in [6, 6.07) is 21.2. The van der Waals surface area contributed by atoms with E-state index in [0.29, 0.717) is 42.0 Å². The highest BCUT2D eigenvalue weighted by molar-refractivity contribution is 6.05. The first-order valence-electron chi connectivity index (χ1n) is 20.8. The van der Waals surface area contributed by atoms with E-state index in [1.165, 1.54) is 73.7 Å². The highest BCUT2D eigenvalue weighted by Gasteiger charge is 2.40. The van der Waals surface area contributed by atoms with Gasteiger partial charge in [-0.15, -0.1) is 0 Å². The minimum atomic E-state index is -0.580. The number of piperidine rings is 2. The standard InChI is InChI=1S/C45H55N5O4/c51-37-12-15-39-33(27-37)8-13-38(31-4-2-1-3-5-31)43(39)32-6-9-35(10-7-32)48-20-18-30(19-21-48)28-47-22-24-49(25-23-47)36-11-14-40-34(26-36)29-50(45(40)54)41-16-17-42(52)46-44(41)53/h6-7,9-12,14-15,26-27,30-31,38,41,43,51H,1-5,8,13,16-25,28-29H2,(H,46,52,53). The molecule has 3 aromatic carbocycles. The summed E-state index contributed by atoms with van der Waals surface area (Å²) < 4.78 is 0. The molecule has 2 aliphatic carbocycles. The van der Waals surface area contributed by atoms with Crippen molar-refractivity contribution in [1.82, 2.24) is 15.1 Å². The molecule has 284 valence electrons. The van der Waals surface area contributed by atoms with Crippen molar-refractivity contribution in [3.63, 3.8) is 0 Å². The predicted molar refractivity (Wildman–Crippen MR) is 211 cm³/mol. The molecule has 6 aliphatic rings. The van der Waals surface area contributed by atoms with E-state index in [-0.39, 0.29) is 24.1 Å². The quantitative estimate of drug-likeness (QED) is 0.270. The summed E-state index contributed by atoms with van der Waals surface area (Å²) in [5.74, 6) is 2.26. The molecule has 54 heavy (non-hydrogen) atoms. The lowest BCUT2D eigenvalue weighted by Crippen LogP contribution is -2.52. The van der Waals surface area contributed by atoms with Gasteiger partial charge < -0.3 is 19.8 Å². The maximum absolute atomic E-state index is 13.2. The van der Waals surface area contributed by atoms with Crippen LogP contribution in [0.1, 0.15) is 103 Å². The zero-order valence-corrected chi connectivity index (χ0v) is 31.6. The number of phenols is 1. The van der Waals surface area contributed by atoms with Crippen molar-refractivity contribution in [2.75, 3.05) is 55.6 Å². The number of aryl methyl sites for hydroxylation is 1. The number of piperazine rings is 1. The molecule has 0 radical (unpaired) electrons. The topological polar surface area (TPSA) is 96.4 Å². The van der Waals surface area contributed by atoms with E-state index < -0.39 is 6.04 Å². The van der Waals surface area contributed by atoms with Crippen molar-refractivity contribution in [2.45, 2.75) is 89.1 Å². The number of hydrogen-bond acceptors (Lipinski definition) is 7. The number of nitrogens with one attached hydrogen (secondary N) is 1. The zero-order chi connectivity index (χ0) is 36.8. The Kier molecular flexibility index (Phi) is 9.85. The van der Waals surface area contributed by atoms with E-state index in [2.05, 4.69) is 62.5 Å². The lowest BCUT2D eigenvalue weighted by molar-refractivity contribution is -0.136. The maximum Gasteiger partial charge on any atom is 0.255 e. The van der Waals surface area contributed by atoms with E-state index in [1.807, 2.05) is 18.2 Å². The van der Waals surface area contributed by atoms with E-state index in [0.717, 1.165) is 69.4 Å². The Balaban J connectivity index is 0.773. The van der Waals surface area contributed by atoms with E-state index >= 15 is 0 Å². The second-order valence-electron chi connectivity index (χ2n) is 17.0. The van der Waals surface area contributed by atoms with Crippen LogP contribution in [0.15, 0.2) is 60.7 Å². The van der Waals surface area contributed by atoms with Crippen molar-refractivity contribution in [2.24, 2.45) is 17.8 Å². The summed E-state index contributed by atoms with van der Waals surface area (Å²) in [6.07, 6.45) is 12.2. The average molecular weight is 730 g/mol. The highest BCUT2D eigenvalue weighted by atomic mass is 16.3. The molecule has 4 heterocycles. The number of imide groups is 1. The number of phenolic OH excluding ortho intramolecular Hbond substituents is 1. The van der Waals surface area contributed by atoms with Gasteiger partial charge in [-0.25, -0.2) is 0 Å². The number of fused-ring (bicyclic) bond motifs is 2. The van der Waals surface area contributed by atoms with Crippen LogP contribution in [0.4, 0.5) is 11.4 Å². The summed E-state index contributed by atoms with van der Waals surface area (Å²) in [5, 5.41) is 12.6. The van der Waals surface area contributed by atoms with Crippen LogP contribution in [0.5, 0.6) is 5.75 Å². The van der Waals surface area contributed by atoms with Crippen LogP contribution in [0.2, 0.25) is 0 Å². The van der Waals surface area contributed by atoms with Crippen LogP contribution in [0.25, 0.3) is 0 Å². The first-order chi connectivity index (χ1) is 26.4. The van der Waals surface area contributed by atoms with Gasteiger partial charge in [0, 0.05) is 81.6 Å². The molecule has 3 aromatic rings. The molecule has 9 heteroatoms. The van der Waals surface area contributed by atoms with Crippen LogP contribution in [0, 0.1) is 17.8 Å². The Hall–Kier alpha value is -4.37. The summed E-state index contributed by atoms with van der Waals surface area (Å²) >= 11 is 0. The molecule has 1 saturated carbocycles. The second kappa shape index (κ2) is 15.0. The Morgan fingerprint density at radius 1 is 0.685 bits per heavy atom. The molecule has 3 amide bonds. The Morgan fingerprint density at radius 3 is 2.19 bits per heavy atom. The third-order valence-electron chi connectivity index (χ3n) is 13.9. The third-order valence-corrected chi connectivity index (χ3v) is 13.9. The number of nitrogens with zero attached hydrogens (tertiary/aromatic N) is 4.